The molecule has 0 aromatic heterocycles. The van der Waals surface area contributed by atoms with Gasteiger partial charge in [0.2, 0.25) is 0 Å². The van der Waals surface area contributed by atoms with Gasteiger partial charge in [-0.2, -0.15) is 8.34 Å². The van der Waals surface area contributed by atoms with Crippen LogP contribution < -0.4 is 0 Å². The van der Waals surface area contributed by atoms with Crippen LogP contribution in [0.5, 0.6) is 0 Å². The Morgan fingerprint density at radius 3 is 1.28 bits per heavy atom. The molecule has 0 aliphatic carbocycles. The van der Waals surface area contributed by atoms with Crippen LogP contribution in [-0.4, -0.2) is 31.9 Å². The maximum atomic E-state index is 11.2. The molecule has 0 saturated heterocycles. The SMILES string of the molecule is CCCCCCS(CCCCCC)(CCCCCC)(c1ccccc1)=P(O)(O)O. The molecule has 172 valence electrons. The lowest BCUT2D eigenvalue weighted by Crippen LogP contribution is -2.44. The maximum absolute atomic E-state index is 11.2. The van der Waals surface area contributed by atoms with E-state index < -0.39 is 15.1 Å². The van der Waals surface area contributed by atoms with E-state index in [0.717, 1.165) is 99.2 Å². The highest BCUT2D eigenvalue weighted by Crippen LogP contribution is 2.61. The van der Waals surface area contributed by atoms with Gasteiger partial charge in [0.1, 0.15) is 0 Å². The van der Waals surface area contributed by atoms with Gasteiger partial charge < -0.3 is 14.7 Å². The Morgan fingerprint density at radius 1 is 0.586 bits per heavy atom. The second-order valence-electron chi connectivity index (χ2n) is 8.64. The summed E-state index contributed by atoms with van der Waals surface area (Å²) in [6.45, 7) is 2.55. The van der Waals surface area contributed by atoms with Gasteiger partial charge >= 0.3 is 0 Å². The Kier molecular flexibility index (Phi) is 12.4. The molecule has 0 amide bonds. The Bertz CT molecular complexity index is 602. The third kappa shape index (κ3) is 6.94. The summed E-state index contributed by atoms with van der Waals surface area (Å²) in [6, 6.07) is 10.1. The molecule has 0 aliphatic heterocycles. The van der Waals surface area contributed by atoms with Crippen molar-refractivity contribution in [3.8, 4) is 0 Å². The van der Waals surface area contributed by atoms with Crippen LogP contribution in [-0.2, 0) is 8.34 Å². The first-order valence-electron chi connectivity index (χ1n) is 11.9. The molecule has 0 unspecified atom stereocenters. The molecular formula is C24H47O3PS. The first-order chi connectivity index (χ1) is 13.9. The van der Waals surface area contributed by atoms with Crippen molar-refractivity contribution in [3.63, 3.8) is 0 Å². The van der Waals surface area contributed by atoms with Crippen molar-refractivity contribution in [2.75, 3.05) is 17.3 Å². The van der Waals surface area contributed by atoms with Crippen LogP contribution in [0.1, 0.15) is 97.8 Å². The van der Waals surface area contributed by atoms with E-state index in [-0.39, 0.29) is 0 Å². The van der Waals surface area contributed by atoms with E-state index in [9.17, 15) is 14.7 Å². The predicted octanol–water partition coefficient (Wildman–Crippen LogP) is 7.13. The molecule has 5 heteroatoms. The molecule has 0 radical (unpaired) electrons. The predicted molar refractivity (Wildman–Crippen MR) is 133 cm³/mol. The fraction of sp³-hybridized carbons (Fsp3) is 0.750. The van der Waals surface area contributed by atoms with Gasteiger partial charge in [0, 0.05) is 0 Å². The van der Waals surface area contributed by atoms with Crippen molar-refractivity contribution >= 4 is 15.1 Å². The van der Waals surface area contributed by atoms with Crippen molar-refractivity contribution < 1.29 is 14.7 Å². The average Bonchev–Trinajstić information content (AvgIpc) is 2.71. The molecule has 1 aromatic carbocycles. The molecule has 0 aliphatic rings. The van der Waals surface area contributed by atoms with Gasteiger partial charge in [-0.15, -0.1) is 0 Å². The van der Waals surface area contributed by atoms with E-state index in [0.29, 0.717) is 0 Å². The van der Waals surface area contributed by atoms with E-state index in [1.807, 2.05) is 18.2 Å². The van der Waals surface area contributed by atoms with Crippen LogP contribution in [0.4, 0.5) is 0 Å². The summed E-state index contributed by atoms with van der Waals surface area (Å²) in [6.07, 6.45) is 13.2. The van der Waals surface area contributed by atoms with Crippen LogP contribution >= 0.6 is 6.72 Å². The van der Waals surface area contributed by atoms with E-state index in [4.69, 9.17) is 0 Å². The lowest BCUT2D eigenvalue weighted by atomic mass is 10.2. The van der Waals surface area contributed by atoms with E-state index in [2.05, 4.69) is 32.9 Å². The van der Waals surface area contributed by atoms with Gasteiger partial charge in [0.25, 0.3) is 6.72 Å². The van der Waals surface area contributed by atoms with E-state index in [1.54, 1.807) is 0 Å². The topological polar surface area (TPSA) is 60.7 Å². The highest BCUT2D eigenvalue weighted by Gasteiger charge is 2.43. The van der Waals surface area contributed by atoms with Gasteiger partial charge in [-0.25, -0.2) is 0 Å². The molecule has 1 rings (SSSR count). The second kappa shape index (κ2) is 13.3. The molecule has 0 heterocycles. The summed E-state index contributed by atoms with van der Waals surface area (Å²) in [5.74, 6) is 2.28. The normalized spacial score (nSPS) is 13.9. The molecule has 0 saturated carbocycles. The van der Waals surface area contributed by atoms with Gasteiger partial charge in [-0.1, -0.05) is 109 Å². The molecule has 0 bridgehead atoms. The Morgan fingerprint density at radius 2 is 0.966 bits per heavy atom. The number of unbranched alkanes of at least 4 members (excludes halogenated alkanes) is 9. The number of rotatable bonds is 16. The zero-order valence-electron chi connectivity index (χ0n) is 19.2. The van der Waals surface area contributed by atoms with Crippen LogP contribution in [0, 0.1) is 0 Å². The quantitative estimate of drug-likeness (QED) is 0.187. The summed E-state index contributed by atoms with van der Waals surface area (Å²) < 4.78 is 0. The Labute approximate surface area is 180 Å². The third-order valence-corrected chi connectivity index (χ3v) is 19.1. The zero-order valence-corrected chi connectivity index (χ0v) is 20.9. The molecule has 0 fully saturated rings. The molecule has 1 aromatic rings. The number of hydrogen-bond donors (Lipinski definition) is 3. The van der Waals surface area contributed by atoms with Crippen molar-refractivity contribution in [2.24, 2.45) is 0 Å². The first kappa shape index (κ1) is 26.9. The van der Waals surface area contributed by atoms with Gasteiger partial charge in [-0.3, -0.25) is 0 Å². The Balaban J connectivity index is 3.51. The molecule has 3 N–H and O–H groups in total. The molecule has 0 spiro atoms. The lowest BCUT2D eigenvalue weighted by molar-refractivity contribution is 0.361. The van der Waals surface area contributed by atoms with Crippen LogP contribution in [0.15, 0.2) is 35.2 Å². The van der Waals surface area contributed by atoms with Crippen molar-refractivity contribution in [3.05, 3.63) is 30.3 Å². The Hall–Kier alpha value is -0.120. The van der Waals surface area contributed by atoms with Crippen molar-refractivity contribution in [1.29, 1.82) is 0 Å². The summed E-state index contributed by atoms with van der Waals surface area (Å²) in [4.78, 5) is 34.6. The minimum Gasteiger partial charge on any atom is -0.329 e. The summed E-state index contributed by atoms with van der Waals surface area (Å²) >= 11 is 0. The van der Waals surface area contributed by atoms with Crippen LogP contribution in [0.3, 0.4) is 0 Å². The van der Waals surface area contributed by atoms with E-state index >= 15 is 0 Å². The average molecular weight is 447 g/mol. The fourth-order valence-corrected chi connectivity index (χ4v) is 15.0. The minimum atomic E-state index is -4.05. The number of benzene rings is 1. The highest BCUT2D eigenvalue weighted by molar-refractivity contribution is 8.50. The maximum Gasteiger partial charge on any atom is 0.266 e. The standard InChI is InChI=1S/C24H47O3PS/c1-4-7-10-16-21-29(28(25,26)27,22-17-11-8-5-2,23-18-12-9-6-3)24-19-14-13-15-20-24/h13-15,19-20,25-27H,4-12,16-18,21-23H2,1-3H3. The van der Waals surface area contributed by atoms with Gasteiger partial charge in [-0.05, 0) is 41.4 Å². The minimum absolute atomic E-state index is 0.761. The van der Waals surface area contributed by atoms with E-state index in [1.165, 1.54) is 0 Å². The van der Waals surface area contributed by atoms with Crippen LogP contribution in [0.25, 0.3) is 0 Å². The molecule has 3 nitrogen and oxygen atoms in total. The number of hydrogen-bond acceptors (Lipinski definition) is 0. The second-order valence-corrected chi connectivity index (χ2v) is 18.8. The summed E-state index contributed by atoms with van der Waals surface area (Å²) in [7, 11) is -2.97. The smallest absolute Gasteiger partial charge is 0.266 e. The summed E-state index contributed by atoms with van der Waals surface area (Å²) in [5.41, 5.74) is 0. The highest BCUT2D eigenvalue weighted by atomic mass is 32.6. The van der Waals surface area contributed by atoms with Gasteiger partial charge in [0.05, 0.1) is 0 Å². The zero-order chi connectivity index (χ0) is 21.7. The largest absolute Gasteiger partial charge is 0.329 e. The lowest BCUT2D eigenvalue weighted by Gasteiger charge is -2.53. The monoisotopic (exact) mass is 446 g/mol. The van der Waals surface area contributed by atoms with Crippen molar-refractivity contribution in [2.45, 2.75) is 103 Å². The first-order valence-corrected chi connectivity index (χ1v) is 16.7. The summed E-state index contributed by atoms with van der Waals surface area (Å²) in [5, 5.41) is 0. The molecule has 0 atom stereocenters. The third-order valence-electron chi connectivity index (χ3n) is 6.43. The van der Waals surface area contributed by atoms with Gasteiger partial charge in [0.15, 0.2) is 0 Å². The molecule has 29 heavy (non-hydrogen) atoms. The van der Waals surface area contributed by atoms with Crippen molar-refractivity contribution in [1.82, 2.24) is 0 Å². The molecular weight excluding hydrogens is 399 g/mol. The fourth-order valence-electron chi connectivity index (χ4n) is 4.55. The van der Waals surface area contributed by atoms with Crippen LogP contribution in [0.2, 0.25) is 0 Å².